The number of aromatic nitrogens is 1. The average molecular weight is 223 g/mol. The standard InChI is InChI=1S/C10H13N3O3/c1-6-2-3-8(12-5-6)13-10(16)7(11)4-9(14)15/h2-3,5,7H,4,11H2,1H3,(H,14,15)(H,12,13,16). The zero-order chi connectivity index (χ0) is 12.1. The van der Waals surface area contributed by atoms with Gasteiger partial charge in [-0.15, -0.1) is 0 Å². The van der Waals surface area contributed by atoms with Gasteiger partial charge in [0.15, 0.2) is 0 Å². The number of hydrogen-bond donors (Lipinski definition) is 3. The van der Waals surface area contributed by atoms with Gasteiger partial charge in [-0.3, -0.25) is 9.59 Å². The van der Waals surface area contributed by atoms with Gasteiger partial charge in [0.05, 0.1) is 12.5 Å². The summed E-state index contributed by atoms with van der Waals surface area (Å²) >= 11 is 0. The molecule has 0 saturated carbocycles. The largest absolute Gasteiger partial charge is 0.481 e. The van der Waals surface area contributed by atoms with E-state index in [0.29, 0.717) is 5.82 Å². The highest BCUT2D eigenvalue weighted by atomic mass is 16.4. The molecule has 1 aromatic rings. The molecule has 1 heterocycles. The SMILES string of the molecule is Cc1ccc(NC(=O)C(N)CC(=O)O)nc1. The van der Waals surface area contributed by atoms with Gasteiger partial charge < -0.3 is 16.2 Å². The van der Waals surface area contributed by atoms with Gasteiger partial charge in [-0.1, -0.05) is 6.07 Å². The highest BCUT2D eigenvalue weighted by Crippen LogP contribution is 2.04. The molecule has 0 bridgehead atoms. The van der Waals surface area contributed by atoms with Crippen LogP contribution in [0.5, 0.6) is 0 Å². The predicted molar refractivity (Wildman–Crippen MR) is 57.8 cm³/mol. The van der Waals surface area contributed by atoms with E-state index in [2.05, 4.69) is 10.3 Å². The maximum Gasteiger partial charge on any atom is 0.305 e. The molecule has 1 unspecified atom stereocenters. The lowest BCUT2D eigenvalue weighted by atomic mass is 10.2. The molecule has 0 aliphatic heterocycles. The minimum atomic E-state index is -1.11. The van der Waals surface area contributed by atoms with Crippen LogP contribution in [0.15, 0.2) is 18.3 Å². The molecule has 0 saturated heterocycles. The monoisotopic (exact) mass is 223 g/mol. The van der Waals surface area contributed by atoms with Gasteiger partial charge >= 0.3 is 5.97 Å². The molecule has 1 rings (SSSR count). The second kappa shape index (κ2) is 5.22. The second-order valence-electron chi connectivity index (χ2n) is 3.41. The number of aryl methyl sites for hydroxylation is 1. The minimum absolute atomic E-state index is 0.358. The van der Waals surface area contributed by atoms with E-state index in [1.807, 2.05) is 6.92 Å². The molecule has 1 aromatic heterocycles. The predicted octanol–water partition coefficient (Wildman–Crippen LogP) is 0.131. The quantitative estimate of drug-likeness (QED) is 0.672. The van der Waals surface area contributed by atoms with Crippen molar-refractivity contribution in [2.24, 2.45) is 5.73 Å². The zero-order valence-corrected chi connectivity index (χ0v) is 8.80. The number of amides is 1. The number of nitrogens with zero attached hydrogens (tertiary/aromatic N) is 1. The molecule has 6 heteroatoms. The number of nitrogens with two attached hydrogens (primary N) is 1. The van der Waals surface area contributed by atoms with Crippen molar-refractivity contribution in [3.05, 3.63) is 23.9 Å². The molecule has 0 fully saturated rings. The van der Waals surface area contributed by atoms with Crippen molar-refractivity contribution in [2.75, 3.05) is 5.32 Å². The normalized spacial score (nSPS) is 11.9. The third-order valence-corrected chi connectivity index (χ3v) is 1.89. The van der Waals surface area contributed by atoms with Crippen molar-refractivity contribution in [3.8, 4) is 0 Å². The number of carbonyl (C=O) groups excluding carboxylic acids is 1. The molecule has 6 nitrogen and oxygen atoms in total. The third-order valence-electron chi connectivity index (χ3n) is 1.89. The Morgan fingerprint density at radius 2 is 2.25 bits per heavy atom. The summed E-state index contributed by atoms with van der Waals surface area (Å²) in [5, 5.41) is 10.9. The van der Waals surface area contributed by atoms with Crippen LogP contribution in [0, 0.1) is 6.92 Å². The summed E-state index contributed by atoms with van der Waals surface area (Å²) in [6.45, 7) is 1.87. The van der Waals surface area contributed by atoms with E-state index in [-0.39, 0.29) is 0 Å². The van der Waals surface area contributed by atoms with E-state index < -0.39 is 24.3 Å². The maximum atomic E-state index is 11.4. The number of carboxylic acid groups (broad SMARTS) is 1. The molecule has 0 radical (unpaired) electrons. The molecular formula is C10H13N3O3. The first kappa shape index (κ1) is 12.1. The van der Waals surface area contributed by atoms with Crippen molar-refractivity contribution in [3.63, 3.8) is 0 Å². The van der Waals surface area contributed by atoms with Crippen LogP contribution in [0.4, 0.5) is 5.82 Å². The zero-order valence-electron chi connectivity index (χ0n) is 8.80. The van der Waals surface area contributed by atoms with Crippen molar-refractivity contribution in [1.29, 1.82) is 0 Å². The molecule has 4 N–H and O–H groups in total. The van der Waals surface area contributed by atoms with E-state index in [1.165, 1.54) is 0 Å². The molecule has 1 amide bonds. The van der Waals surface area contributed by atoms with Gasteiger partial charge in [0.1, 0.15) is 5.82 Å². The van der Waals surface area contributed by atoms with Gasteiger partial charge in [-0.2, -0.15) is 0 Å². The summed E-state index contributed by atoms with van der Waals surface area (Å²) in [5.74, 6) is -1.31. The first-order chi connectivity index (χ1) is 7.49. The number of aliphatic carboxylic acids is 1. The Bertz CT molecular complexity index is 389. The lowest BCUT2D eigenvalue weighted by Gasteiger charge is -2.09. The Balaban J connectivity index is 2.57. The van der Waals surface area contributed by atoms with Crippen LogP contribution >= 0.6 is 0 Å². The molecule has 0 aromatic carbocycles. The summed E-state index contributed by atoms with van der Waals surface area (Å²) in [6.07, 6.45) is 1.19. The highest BCUT2D eigenvalue weighted by molar-refractivity contribution is 5.95. The van der Waals surface area contributed by atoms with Crippen LogP contribution in [0.25, 0.3) is 0 Å². The van der Waals surface area contributed by atoms with Crippen LogP contribution in [0.3, 0.4) is 0 Å². The summed E-state index contributed by atoms with van der Waals surface area (Å²) in [4.78, 5) is 25.7. The van der Waals surface area contributed by atoms with Gasteiger partial charge in [0, 0.05) is 6.20 Å². The topological polar surface area (TPSA) is 105 Å². The fourth-order valence-electron chi connectivity index (χ4n) is 1.04. The fraction of sp³-hybridized carbons (Fsp3) is 0.300. The average Bonchev–Trinajstić information content (AvgIpc) is 2.20. The molecule has 86 valence electrons. The lowest BCUT2D eigenvalue weighted by molar-refractivity contribution is -0.138. The van der Waals surface area contributed by atoms with E-state index >= 15 is 0 Å². The number of nitrogens with one attached hydrogen (secondary N) is 1. The first-order valence-corrected chi connectivity index (χ1v) is 4.70. The van der Waals surface area contributed by atoms with Crippen LogP contribution in [-0.4, -0.2) is 28.0 Å². The number of pyridine rings is 1. The number of anilines is 1. The Morgan fingerprint density at radius 3 is 2.75 bits per heavy atom. The molecule has 0 spiro atoms. The van der Waals surface area contributed by atoms with Gasteiger partial charge in [-0.25, -0.2) is 4.98 Å². The summed E-state index contributed by atoms with van der Waals surface area (Å²) in [5.41, 5.74) is 6.34. The summed E-state index contributed by atoms with van der Waals surface area (Å²) in [6, 6.07) is 2.34. The fourth-order valence-corrected chi connectivity index (χ4v) is 1.04. The molecular weight excluding hydrogens is 210 g/mol. The Morgan fingerprint density at radius 1 is 1.56 bits per heavy atom. The van der Waals surface area contributed by atoms with Crippen LogP contribution in [-0.2, 0) is 9.59 Å². The van der Waals surface area contributed by atoms with E-state index in [9.17, 15) is 9.59 Å². The summed E-state index contributed by atoms with van der Waals surface area (Å²) in [7, 11) is 0. The van der Waals surface area contributed by atoms with Crippen molar-refractivity contribution in [1.82, 2.24) is 4.98 Å². The molecule has 16 heavy (non-hydrogen) atoms. The first-order valence-electron chi connectivity index (χ1n) is 4.70. The van der Waals surface area contributed by atoms with Gasteiger partial charge in [-0.05, 0) is 18.6 Å². The van der Waals surface area contributed by atoms with E-state index in [0.717, 1.165) is 5.56 Å². The number of carboxylic acids is 1. The van der Waals surface area contributed by atoms with Crippen molar-refractivity contribution < 1.29 is 14.7 Å². The number of rotatable bonds is 4. The van der Waals surface area contributed by atoms with Gasteiger partial charge in [0.25, 0.3) is 0 Å². The maximum absolute atomic E-state index is 11.4. The molecule has 0 aliphatic rings. The Hall–Kier alpha value is -1.95. The van der Waals surface area contributed by atoms with E-state index in [1.54, 1.807) is 18.3 Å². The van der Waals surface area contributed by atoms with Crippen molar-refractivity contribution >= 4 is 17.7 Å². The third kappa shape index (κ3) is 3.66. The van der Waals surface area contributed by atoms with Gasteiger partial charge in [0.2, 0.25) is 5.91 Å². The minimum Gasteiger partial charge on any atom is -0.481 e. The lowest BCUT2D eigenvalue weighted by Crippen LogP contribution is -2.37. The van der Waals surface area contributed by atoms with E-state index in [4.69, 9.17) is 10.8 Å². The van der Waals surface area contributed by atoms with Crippen LogP contribution in [0.2, 0.25) is 0 Å². The van der Waals surface area contributed by atoms with Crippen LogP contribution in [0.1, 0.15) is 12.0 Å². The summed E-state index contributed by atoms with van der Waals surface area (Å²) < 4.78 is 0. The van der Waals surface area contributed by atoms with Crippen molar-refractivity contribution in [2.45, 2.75) is 19.4 Å². The number of carbonyl (C=O) groups is 2. The molecule has 1 atom stereocenters. The Kier molecular flexibility index (Phi) is 3.96. The smallest absolute Gasteiger partial charge is 0.305 e. The highest BCUT2D eigenvalue weighted by Gasteiger charge is 2.17. The Labute approximate surface area is 92.5 Å². The van der Waals surface area contributed by atoms with Crippen LogP contribution < -0.4 is 11.1 Å². The second-order valence-corrected chi connectivity index (χ2v) is 3.41. The molecule has 0 aliphatic carbocycles. The number of hydrogen-bond acceptors (Lipinski definition) is 4.